The highest BCUT2D eigenvalue weighted by atomic mass is 19.1. The first-order valence-electron chi connectivity index (χ1n) is 8.92. The first kappa shape index (κ1) is 14.8. The van der Waals surface area contributed by atoms with Crippen molar-refractivity contribution in [1.82, 2.24) is 34.1 Å². The number of nitrogens with zero attached hydrogens (tertiary/aromatic N) is 7. The molecule has 1 fully saturated rings. The van der Waals surface area contributed by atoms with Crippen molar-refractivity contribution < 1.29 is 8.91 Å². The van der Waals surface area contributed by atoms with Crippen LogP contribution in [0.3, 0.4) is 0 Å². The highest BCUT2D eigenvalue weighted by Gasteiger charge is 2.25. The van der Waals surface area contributed by atoms with E-state index < -0.39 is 6.08 Å². The van der Waals surface area contributed by atoms with E-state index in [0.29, 0.717) is 39.8 Å². The summed E-state index contributed by atoms with van der Waals surface area (Å²) < 4.78 is 23.1. The van der Waals surface area contributed by atoms with Gasteiger partial charge in [-0.25, -0.2) is 4.98 Å². The Kier molecular flexibility index (Phi) is 2.91. The minimum absolute atomic E-state index is 0.326. The highest BCUT2D eigenvalue weighted by Crippen LogP contribution is 2.36. The van der Waals surface area contributed by atoms with Gasteiger partial charge in [0.2, 0.25) is 11.7 Å². The van der Waals surface area contributed by atoms with Crippen molar-refractivity contribution in [1.29, 1.82) is 0 Å². The van der Waals surface area contributed by atoms with E-state index in [1.807, 2.05) is 18.2 Å². The third-order valence-electron chi connectivity index (χ3n) is 5.39. The molecule has 1 saturated carbocycles. The molecule has 27 heavy (non-hydrogen) atoms. The second-order valence-electron chi connectivity index (χ2n) is 6.88. The SMILES string of the molecule is Fc1ncc2n3cnnc3c3c(-c4noc(C5CCCC5)n4)cccc3n12. The molecule has 0 amide bonds. The van der Waals surface area contributed by atoms with E-state index in [1.165, 1.54) is 23.4 Å². The molecule has 0 radical (unpaired) electrons. The number of fused-ring (bicyclic) bond motifs is 6. The van der Waals surface area contributed by atoms with Gasteiger partial charge in [-0.2, -0.15) is 9.37 Å². The quantitative estimate of drug-likeness (QED) is 0.478. The molecule has 0 bridgehead atoms. The number of benzene rings is 1. The van der Waals surface area contributed by atoms with Gasteiger partial charge in [-0.1, -0.05) is 30.1 Å². The lowest BCUT2D eigenvalue weighted by Crippen LogP contribution is -2.00. The Morgan fingerprint density at radius 1 is 1.19 bits per heavy atom. The summed E-state index contributed by atoms with van der Waals surface area (Å²) in [7, 11) is 0. The van der Waals surface area contributed by atoms with E-state index >= 15 is 0 Å². The summed E-state index contributed by atoms with van der Waals surface area (Å²) >= 11 is 0. The molecule has 0 spiro atoms. The fraction of sp³-hybridized carbons (Fsp3) is 0.278. The van der Waals surface area contributed by atoms with Gasteiger partial charge in [0.1, 0.15) is 12.0 Å². The van der Waals surface area contributed by atoms with Crippen molar-refractivity contribution in [2.75, 3.05) is 0 Å². The minimum atomic E-state index is -0.595. The zero-order chi connectivity index (χ0) is 18.0. The van der Waals surface area contributed by atoms with Crippen LogP contribution in [0.15, 0.2) is 35.2 Å². The van der Waals surface area contributed by atoms with Gasteiger partial charge >= 0.3 is 0 Å². The Morgan fingerprint density at radius 2 is 2.07 bits per heavy atom. The summed E-state index contributed by atoms with van der Waals surface area (Å²) in [5, 5.41) is 13.1. The van der Waals surface area contributed by atoms with Gasteiger partial charge in [0.25, 0.3) is 6.08 Å². The lowest BCUT2D eigenvalue weighted by Gasteiger charge is -2.08. The van der Waals surface area contributed by atoms with Crippen LogP contribution in [0.5, 0.6) is 0 Å². The molecule has 0 unspecified atom stereocenters. The monoisotopic (exact) mass is 363 g/mol. The Balaban J connectivity index is 1.67. The lowest BCUT2D eigenvalue weighted by atomic mass is 10.1. The predicted octanol–water partition coefficient (Wildman–Crippen LogP) is 3.38. The Bertz CT molecular complexity index is 1310. The van der Waals surface area contributed by atoms with Crippen molar-refractivity contribution in [3.63, 3.8) is 0 Å². The molecular weight excluding hydrogens is 349 g/mol. The zero-order valence-corrected chi connectivity index (χ0v) is 14.2. The van der Waals surface area contributed by atoms with Gasteiger partial charge in [0, 0.05) is 11.5 Å². The maximum atomic E-state index is 14.4. The summed E-state index contributed by atoms with van der Waals surface area (Å²) in [6.45, 7) is 0. The van der Waals surface area contributed by atoms with Crippen LogP contribution in [-0.4, -0.2) is 34.1 Å². The largest absolute Gasteiger partial charge is 0.339 e. The lowest BCUT2D eigenvalue weighted by molar-refractivity contribution is 0.354. The molecule has 0 aliphatic heterocycles. The third-order valence-corrected chi connectivity index (χ3v) is 5.39. The molecule has 6 rings (SSSR count). The van der Waals surface area contributed by atoms with Crippen LogP contribution >= 0.6 is 0 Å². The minimum Gasteiger partial charge on any atom is -0.339 e. The summed E-state index contributed by atoms with van der Waals surface area (Å²) in [6.07, 6.45) is 6.94. The molecule has 0 N–H and O–H groups in total. The number of imidazole rings is 1. The second-order valence-corrected chi connectivity index (χ2v) is 6.88. The van der Waals surface area contributed by atoms with Gasteiger partial charge in [0.15, 0.2) is 5.65 Å². The van der Waals surface area contributed by atoms with Gasteiger partial charge in [0.05, 0.1) is 17.1 Å². The van der Waals surface area contributed by atoms with E-state index in [0.717, 1.165) is 18.4 Å². The molecule has 134 valence electrons. The topological polar surface area (TPSA) is 86.4 Å². The number of hydrogen-bond donors (Lipinski definition) is 0. The molecule has 0 saturated heterocycles. The summed E-state index contributed by atoms with van der Waals surface area (Å²) in [5.41, 5.74) is 2.51. The van der Waals surface area contributed by atoms with Crippen molar-refractivity contribution in [2.45, 2.75) is 31.6 Å². The van der Waals surface area contributed by atoms with Crippen molar-refractivity contribution in [3.05, 3.63) is 42.7 Å². The Morgan fingerprint density at radius 3 is 2.96 bits per heavy atom. The standard InChI is InChI=1S/C18H14FN7O/c19-18-20-8-13-25-9-21-23-16(25)14-11(6-3-7-12(14)26(13)18)15-22-17(27-24-15)10-4-1-2-5-10/h3,6-10H,1-2,4-5H2. The first-order valence-corrected chi connectivity index (χ1v) is 8.92. The molecule has 4 aromatic heterocycles. The van der Waals surface area contributed by atoms with Crippen LogP contribution in [0.25, 0.3) is 33.6 Å². The molecule has 9 heteroatoms. The number of halogens is 1. The van der Waals surface area contributed by atoms with E-state index in [2.05, 4.69) is 25.3 Å². The van der Waals surface area contributed by atoms with Gasteiger partial charge in [-0.15, -0.1) is 10.2 Å². The number of aromatic nitrogens is 7. The van der Waals surface area contributed by atoms with E-state index in [9.17, 15) is 4.39 Å². The third kappa shape index (κ3) is 1.99. The van der Waals surface area contributed by atoms with Gasteiger partial charge < -0.3 is 4.52 Å². The molecule has 8 nitrogen and oxygen atoms in total. The smallest absolute Gasteiger partial charge is 0.295 e. The van der Waals surface area contributed by atoms with Crippen LogP contribution in [0, 0.1) is 6.08 Å². The molecule has 1 aromatic carbocycles. The fourth-order valence-corrected chi connectivity index (χ4v) is 4.12. The maximum Gasteiger partial charge on any atom is 0.295 e. The van der Waals surface area contributed by atoms with Crippen LogP contribution in [0.2, 0.25) is 0 Å². The van der Waals surface area contributed by atoms with Gasteiger partial charge in [-0.3, -0.25) is 8.80 Å². The molecule has 1 aliphatic rings. The van der Waals surface area contributed by atoms with Crippen molar-refractivity contribution in [2.24, 2.45) is 0 Å². The van der Waals surface area contributed by atoms with E-state index in [1.54, 1.807) is 10.7 Å². The molecule has 0 atom stereocenters. The summed E-state index contributed by atoms with van der Waals surface area (Å²) in [4.78, 5) is 8.44. The second kappa shape index (κ2) is 5.32. The first-order chi connectivity index (χ1) is 13.3. The van der Waals surface area contributed by atoms with Crippen LogP contribution in [0.1, 0.15) is 37.5 Å². The van der Waals surface area contributed by atoms with Crippen LogP contribution < -0.4 is 0 Å². The number of hydrogen-bond acceptors (Lipinski definition) is 6. The molecular formula is C18H14FN7O. The summed E-state index contributed by atoms with van der Waals surface area (Å²) in [5.74, 6) is 1.48. The Hall–Kier alpha value is -3.36. The van der Waals surface area contributed by atoms with Gasteiger partial charge in [-0.05, 0) is 18.9 Å². The molecule has 4 heterocycles. The predicted molar refractivity (Wildman–Crippen MR) is 93.7 cm³/mol. The van der Waals surface area contributed by atoms with Crippen molar-refractivity contribution >= 4 is 22.2 Å². The Labute approximate surface area is 151 Å². The fourth-order valence-electron chi connectivity index (χ4n) is 4.12. The average molecular weight is 363 g/mol. The molecule has 5 aromatic rings. The highest BCUT2D eigenvalue weighted by molar-refractivity contribution is 6.03. The zero-order valence-electron chi connectivity index (χ0n) is 14.2. The van der Waals surface area contributed by atoms with E-state index in [4.69, 9.17) is 4.52 Å². The van der Waals surface area contributed by atoms with Crippen molar-refractivity contribution in [3.8, 4) is 11.4 Å². The maximum absolute atomic E-state index is 14.4. The molecule has 1 aliphatic carbocycles. The number of rotatable bonds is 2. The average Bonchev–Trinajstić information content (AvgIpc) is 3.45. The van der Waals surface area contributed by atoms with Crippen LogP contribution in [0.4, 0.5) is 4.39 Å². The summed E-state index contributed by atoms with van der Waals surface area (Å²) in [6, 6.07) is 5.55. The normalized spacial score (nSPS) is 15.6. The van der Waals surface area contributed by atoms with E-state index in [-0.39, 0.29) is 0 Å². The van der Waals surface area contributed by atoms with Crippen LogP contribution in [-0.2, 0) is 0 Å².